The minimum Gasteiger partial charge on any atom is -0.457 e. The number of para-hydroxylation sites is 1. The van der Waals surface area contributed by atoms with Gasteiger partial charge in [-0.15, -0.1) is 0 Å². The summed E-state index contributed by atoms with van der Waals surface area (Å²) in [6.45, 7) is 3.76. The molecule has 25 heavy (non-hydrogen) atoms. The third-order valence-electron chi connectivity index (χ3n) is 3.40. The molecule has 2 rings (SSSR count). The van der Waals surface area contributed by atoms with Crippen LogP contribution in [-0.4, -0.2) is 18.0 Å². The van der Waals surface area contributed by atoms with Crippen LogP contribution in [0.25, 0.3) is 0 Å². The van der Waals surface area contributed by atoms with Crippen LogP contribution in [0.2, 0.25) is 0 Å². The van der Waals surface area contributed by atoms with Crippen LogP contribution in [-0.2, 0) is 4.79 Å². The average Bonchev–Trinajstić information content (AvgIpc) is 2.54. The zero-order valence-electron chi connectivity index (χ0n) is 14.4. The highest BCUT2D eigenvalue weighted by atomic mass is 16.5. The highest BCUT2D eigenvalue weighted by molar-refractivity contribution is 5.79. The second-order valence-corrected chi connectivity index (χ2v) is 5.98. The fourth-order valence-corrected chi connectivity index (χ4v) is 2.41. The summed E-state index contributed by atoms with van der Waals surface area (Å²) in [6.07, 6.45) is 0.0932. The second kappa shape index (κ2) is 8.73. The number of nitrogens with one attached hydrogen (secondary N) is 2. The lowest BCUT2D eigenvalue weighted by Crippen LogP contribution is -2.38. The minimum absolute atomic E-state index is 0.0227. The van der Waals surface area contributed by atoms with Gasteiger partial charge in [0.15, 0.2) is 0 Å². The van der Waals surface area contributed by atoms with Crippen LogP contribution in [0.5, 0.6) is 11.5 Å². The first-order chi connectivity index (χ1) is 11.9. The summed E-state index contributed by atoms with van der Waals surface area (Å²) in [5, 5.41) is 5.42. The number of ether oxygens (including phenoxy) is 1. The van der Waals surface area contributed by atoms with E-state index in [4.69, 9.17) is 10.5 Å². The van der Waals surface area contributed by atoms with Crippen molar-refractivity contribution in [2.75, 3.05) is 0 Å². The number of amides is 3. The van der Waals surface area contributed by atoms with Crippen molar-refractivity contribution in [3.63, 3.8) is 0 Å². The van der Waals surface area contributed by atoms with E-state index < -0.39 is 12.1 Å². The van der Waals surface area contributed by atoms with E-state index in [1.807, 2.05) is 62.4 Å². The Labute approximate surface area is 147 Å². The number of urea groups is 1. The van der Waals surface area contributed by atoms with Gasteiger partial charge >= 0.3 is 6.03 Å². The van der Waals surface area contributed by atoms with Crippen LogP contribution in [0.4, 0.5) is 4.79 Å². The molecule has 4 N–H and O–H groups in total. The van der Waals surface area contributed by atoms with Gasteiger partial charge in [-0.1, -0.05) is 30.3 Å². The number of hydrogen-bond donors (Lipinski definition) is 3. The molecule has 0 aliphatic rings. The van der Waals surface area contributed by atoms with Gasteiger partial charge in [0.05, 0.1) is 12.5 Å². The van der Waals surface area contributed by atoms with Gasteiger partial charge < -0.3 is 21.1 Å². The van der Waals surface area contributed by atoms with E-state index >= 15 is 0 Å². The Kier molecular flexibility index (Phi) is 6.39. The van der Waals surface area contributed by atoms with E-state index in [-0.39, 0.29) is 18.4 Å². The first kappa shape index (κ1) is 18.3. The number of benzene rings is 2. The molecule has 0 saturated carbocycles. The van der Waals surface area contributed by atoms with Crippen LogP contribution < -0.4 is 21.1 Å². The Morgan fingerprint density at radius 1 is 1.00 bits per heavy atom. The van der Waals surface area contributed by atoms with E-state index in [1.54, 1.807) is 6.07 Å². The van der Waals surface area contributed by atoms with Crippen molar-refractivity contribution in [1.29, 1.82) is 0 Å². The molecule has 2 aromatic rings. The van der Waals surface area contributed by atoms with Crippen molar-refractivity contribution in [2.24, 2.45) is 5.73 Å². The molecule has 2 aromatic carbocycles. The molecule has 0 aliphatic carbocycles. The first-order valence-electron chi connectivity index (χ1n) is 8.12. The molecule has 6 heteroatoms. The second-order valence-electron chi connectivity index (χ2n) is 5.98. The molecule has 0 radical (unpaired) electrons. The highest BCUT2D eigenvalue weighted by Crippen LogP contribution is 2.25. The van der Waals surface area contributed by atoms with Crippen LogP contribution in [0, 0.1) is 0 Å². The van der Waals surface area contributed by atoms with Crippen molar-refractivity contribution >= 4 is 11.9 Å². The smallest absolute Gasteiger partial charge is 0.312 e. The standard InChI is InChI=1S/C19H23N3O3/c1-13(2)21-18(23)12-17(22-19(20)24)14-7-6-10-16(11-14)25-15-8-4-3-5-9-15/h3-11,13,17H,12H2,1-2H3,(H,21,23)(H3,20,22,24). The number of primary amides is 1. The number of carbonyl (C=O) groups is 2. The predicted octanol–water partition coefficient (Wildman–Crippen LogP) is 3.10. The summed E-state index contributed by atoms with van der Waals surface area (Å²) in [5.74, 6) is 1.16. The van der Waals surface area contributed by atoms with Crippen molar-refractivity contribution in [3.05, 3.63) is 60.2 Å². The van der Waals surface area contributed by atoms with Gasteiger partial charge in [-0.2, -0.15) is 0 Å². The lowest BCUT2D eigenvalue weighted by Gasteiger charge is -2.19. The largest absolute Gasteiger partial charge is 0.457 e. The SMILES string of the molecule is CC(C)NC(=O)CC(NC(N)=O)c1cccc(Oc2ccccc2)c1. The number of carbonyl (C=O) groups excluding carboxylic acids is 2. The van der Waals surface area contributed by atoms with E-state index in [0.717, 1.165) is 5.56 Å². The Balaban J connectivity index is 2.17. The maximum Gasteiger partial charge on any atom is 0.312 e. The molecular weight excluding hydrogens is 318 g/mol. The molecule has 1 unspecified atom stereocenters. The van der Waals surface area contributed by atoms with Gasteiger partial charge in [0.25, 0.3) is 0 Å². The van der Waals surface area contributed by atoms with Gasteiger partial charge in [0, 0.05) is 6.04 Å². The quantitative estimate of drug-likeness (QED) is 0.722. The van der Waals surface area contributed by atoms with Crippen LogP contribution >= 0.6 is 0 Å². The number of nitrogens with two attached hydrogens (primary N) is 1. The molecule has 0 saturated heterocycles. The summed E-state index contributed by atoms with van der Waals surface area (Å²) in [7, 11) is 0. The normalized spacial score (nSPS) is 11.6. The van der Waals surface area contributed by atoms with E-state index in [2.05, 4.69) is 10.6 Å². The minimum atomic E-state index is -0.684. The fraction of sp³-hybridized carbons (Fsp3) is 0.263. The molecule has 132 valence electrons. The fourth-order valence-electron chi connectivity index (χ4n) is 2.41. The summed E-state index contributed by atoms with van der Waals surface area (Å²) in [6, 6.07) is 15.4. The third kappa shape index (κ3) is 6.18. The zero-order chi connectivity index (χ0) is 18.2. The zero-order valence-corrected chi connectivity index (χ0v) is 14.4. The van der Waals surface area contributed by atoms with Crippen molar-refractivity contribution < 1.29 is 14.3 Å². The summed E-state index contributed by atoms with van der Waals surface area (Å²) in [5.41, 5.74) is 6.00. The molecular formula is C19H23N3O3. The highest BCUT2D eigenvalue weighted by Gasteiger charge is 2.18. The van der Waals surface area contributed by atoms with Crippen molar-refractivity contribution in [2.45, 2.75) is 32.4 Å². The van der Waals surface area contributed by atoms with Gasteiger partial charge in [-0.25, -0.2) is 4.79 Å². The molecule has 6 nitrogen and oxygen atoms in total. The van der Waals surface area contributed by atoms with Crippen LogP contribution in [0.15, 0.2) is 54.6 Å². The molecule has 3 amide bonds. The summed E-state index contributed by atoms with van der Waals surface area (Å²) >= 11 is 0. The van der Waals surface area contributed by atoms with Gasteiger partial charge in [0.2, 0.25) is 5.91 Å². The lowest BCUT2D eigenvalue weighted by atomic mass is 10.0. The molecule has 0 aliphatic heterocycles. The lowest BCUT2D eigenvalue weighted by molar-refractivity contribution is -0.122. The maximum atomic E-state index is 12.1. The van der Waals surface area contributed by atoms with E-state index in [1.165, 1.54) is 0 Å². The maximum absolute atomic E-state index is 12.1. The molecule has 0 spiro atoms. The Bertz CT molecular complexity index is 717. The molecule has 0 bridgehead atoms. The molecule has 0 aromatic heterocycles. The van der Waals surface area contributed by atoms with Gasteiger partial charge in [0.1, 0.15) is 11.5 Å². The van der Waals surface area contributed by atoms with E-state index in [0.29, 0.717) is 11.5 Å². The number of hydrogen-bond acceptors (Lipinski definition) is 3. The predicted molar refractivity (Wildman–Crippen MR) is 96.3 cm³/mol. The topological polar surface area (TPSA) is 93.5 Å². The summed E-state index contributed by atoms with van der Waals surface area (Å²) < 4.78 is 5.80. The monoisotopic (exact) mass is 341 g/mol. The Hall–Kier alpha value is -3.02. The Morgan fingerprint density at radius 2 is 1.68 bits per heavy atom. The first-order valence-corrected chi connectivity index (χ1v) is 8.12. The molecule has 0 heterocycles. The van der Waals surface area contributed by atoms with Crippen molar-refractivity contribution in [1.82, 2.24) is 10.6 Å². The molecule has 1 atom stereocenters. The van der Waals surface area contributed by atoms with Gasteiger partial charge in [-0.05, 0) is 43.7 Å². The third-order valence-corrected chi connectivity index (χ3v) is 3.40. The Morgan fingerprint density at radius 3 is 2.32 bits per heavy atom. The number of rotatable bonds is 7. The summed E-state index contributed by atoms with van der Waals surface area (Å²) in [4.78, 5) is 23.4. The average molecular weight is 341 g/mol. The van der Waals surface area contributed by atoms with Crippen LogP contribution in [0.3, 0.4) is 0 Å². The van der Waals surface area contributed by atoms with Crippen molar-refractivity contribution in [3.8, 4) is 11.5 Å². The van der Waals surface area contributed by atoms with Gasteiger partial charge in [-0.3, -0.25) is 4.79 Å². The van der Waals surface area contributed by atoms with E-state index in [9.17, 15) is 9.59 Å². The molecule has 0 fully saturated rings. The van der Waals surface area contributed by atoms with Crippen LogP contribution in [0.1, 0.15) is 31.9 Å².